The summed E-state index contributed by atoms with van der Waals surface area (Å²) < 4.78 is 14.2. The van der Waals surface area contributed by atoms with Gasteiger partial charge in [-0.05, 0) is 289 Å². The van der Waals surface area contributed by atoms with Crippen LogP contribution >= 0.6 is 23.5 Å². The number of hydrogen-bond acceptors (Lipinski definition) is 6. The monoisotopic (exact) mass is 1710 g/mol. The zero-order valence-electron chi connectivity index (χ0n) is 71.4. The van der Waals surface area contributed by atoms with Crippen LogP contribution in [0.1, 0.15) is 89.0 Å². The number of rotatable bonds is 8. The van der Waals surface area contributed by atoms with Gasteiger partial charge in [0.15, 0.2) is 0 Å². The quantitative estimate of drug-likeness (QED) is 0.150. The standard InChI is InChI=1S/C126H76N2O2S2/c1-2-26-77(27-3-1)78-50-52-82-70-85(57-54-80(82)68-78)127(89-59-63-95-91-28-4-8-32-99(91)125(113(95)75-89)109-39-15-22-46-119(109)131-120-47-23-16-40-110(120)125)88-62-67-104-98(74-88)94-31-7-11-35-102(94)124(104)107-38-14-21-45-117(107)130-118-72-84(56-65-108(118)124)79-51-53-83-71-86(58-55-81(83)69-79)128(87-61-66-103-97(73-87)93-30-6-10-34-101(93)123(103)105-36-12-19-43-115(105)129-116-44-20-13-37-106(116)123)90-60-64-96-92-29-5-9-33-100(92)126(114(96)76-90)111-41-17-24-48-121(111)132-122-49-25-18-42-112(122)126/h1-76H. The van der Waals surface area contributed by atoms with Crippen molar-refractivity contribution in [2.45, 2.75) is 41.2 Å². The molecule has 29 rings (SSSR count). The van der Waals surface area contributed by atoms with Crippen molar-refractivity contribution in [1.82, 2.24) is 0 Å². The van der Waals surface area contributed by atoms with E-state index in [9.17, 15) is 0 Å². The number of benzene rings is 21. The highest BCUT2D eigenvalue weighted by molar-refractivity contribution is 7.99. The average molecular weight is 1710 g/mol. The second-order valence-electron chi connectivity index (χ2n) is 36.2. The lowest BCUT2D eigenvalue weighted by Crippen LogP contribution is -2.32. The normalized spacial score (nSPS) is 15.4. The molecule has 614 valence electrons. The molecule has 4 spiro atoms. The molecule has 21 aromatic rings. The van der Waals surface area contributed by atoms with Crippen molar-refractivity contribution in [1.29, 1.82) is 0 Å². The average Bonchev–Trinajstić information content (AvgIpc) is 1.52. The molecule has 0 amide bonds. The zero-order chi connectivity index (χ0) is 86.3. The number of para-hydroxylation sites is 3. The van der Waals surface area contributed by atoms with Crippen molar-refractivity contribution in [3.05, 3.63) is 550 Å². The number of nitrogens with zero attached hydrogens (tertiary/aromatic N) is 2. The van der Waals surface area contributed by atoms with Gasteiger partial charge in [-0.1, -0.05) is 351 Å². The molecule has 0 radical (unpaired) electrons. The maximum absolute atomic E-state index is 7.37. The van der Waals surface area contributed by atoms with E-state index in [2.05, 4.69) is 471 Å². The molecule has 8 aliphatic rings. The molecule has 4 heterocycles. The van der Waals surface area contributed by atoms with Crippen LogP contribution in [0, 0.1) is 0 Å². The smallest absolute Gasteiger partial charge is 0.132 e. The van der Waals surface area contributed by atoms with Crippen molar-refractivity contribution in [2.75, 3.05) is 9.80 Å². The maximum Gasteiger partial charge on any atom is 0.132 e. The summed E-state index contributed by atoms with van der Waals surface area (Å²) in [6.07, 6.45) is 0. The van der Waals surface area contributed by atoms with Gasteiger partial charge < -0.3 is 19.3 Å². The van der Waals surface area contributed by atoms with Gasteiger partial charge in [0.2, 0.25) is 0 Å². The third kappa shape index (κ3) is 9.98. The molecule has 4 aliphatic carbocycles. The second kappa shape index (κ2) is 27.8. The molecule has 0 N–H and O–H groups in total. The van der Waals surface area contributed by atoms with Gasteiger partial charge in [-0.2, -0.15) is 0 Å². The Kier molecular flexibility index (Phi) is 15.6. The van der Waals surface area contributed by atoms with E-state index in [1.807, 2.05) is 23.5 Å². The first-order valence-electron chi connectivity index (χ1n) is 45.6. The Hall–Kier alpha value is -16.0. The van der Waals surface area contributed by atoms with E-state index < -0.39 is 21.7 Å². The van der Waals surface area contributed by atoms with Crippen LogP contribution in [0.15, 0.2) is 481 Å². The first-order valence-corrected chi connectivity index (χ1v) is 47.3. The molecule has 132 heavy (non-hydrogen) atoms. The van der Waals surface area contributed by atoms with Crippen LogP contribution < -0.4 is 19.3 Å². The molecule has 0 aromatic heterocycles. The maximum atomic E-state index is 7.37. The van der Waals surface area contributed by atoms with Crippen molar-refractivity contribution >= 4 is 79.2 Å². The Labute approximate surface area is 773 Å². The van der Waals surface area contributed by atoms with Gasteiger partial charge in [-0.3, -0.25) is 0 Å². The fourth-order valence-corrected chi connectivity index (χ4v) is 27.2. The zero-order valence-corrected chi connectivity index (χ0v) is 73.0. The van der Waals surface area contributed by atoms with Crippen LogP contribution in [0.3, 0.4) is 0 Å². The van der Waals surface area contributed by atoms with Gasteiger partial charge in [0.1, 0.15) is 23.0 Å². The van der Waals surface area contributed by atoms with Crippen LogP contribution in [0.2, 0.25) is 0 Å². The Morgan fingerprint density at radius 1 is 0.152 bits per heavy atom. The molecule has 0 bridgehead atoms. The van der Waals surface area contributed by atoms with E-state index in [1.54, 1.807) is 0 Å². The lowest BCUT2D eigenvalue weighted by atomic mass is 9.66. The summed E-state index contributed by atoms with van der Waals surface area (Å²) in [7, 11) is 0. The fraction of sp³-hybridized carbons (Fsp3) is 0.0317. The van der Waals surface area contributed by atoms with E-state index >= 15 is 0 Å². The summed E-state index contributed by atoms with van der Waals surface area (Å²) in [6.45, 7) is 0. The lowest BCUT2D eigenvalue weighted by molar-refractivity contribution is 0.436. The summed E-state index contributed by atoms with van der Waals surface area (Å²) in [5, 5.41) is 4.61. The van der Waals surface area contributed by atoms with E-state index in [0.29, 0.717) is 0 Å². The molecule has 0 fully saturated rings. The summed E-state index contributed by atoms with van der Waals surface area (Å²) in [5.41, 5.74) is 38.2. The molecule has 1 unspecified atom stereocenters. The van der Waals surface area contributed by atoms with Crippen molar-refractivity contribution in [3.8, 4) is 89.8 Å². The molecular formula is C126H76N2O2S2. The minimum absolute atomic E-state index is 0.570. The topological polar surface area (TPSA) is 24.9 Å². The third-order valence-electron chi connectivity index (χ3n) is 30.1. The summed E-state index contributed by atoms with van der Waals surface area (Å²) >= 11 is 3.77. The molecular weight excluding hydrogens is 1640 g/mol. The Balaban J connectivity index is 0.575. The van der Waals surface area contributed by atoms with Crippen molar-refractivity contribution in [3.63, 3.8) is 0 Å². The highest BCUT2D eigenvalue weighted by atomic mass is 32.2. The molecule has 1 atom stereocenters. The van der Waals surface area contributed by atoms with Crippen LogP contribution in [0.25, 0.3) is 88.3 Å². The van der Waals surface area contributed by atoms with Gasteiger partial charge in [0.05, 0.1) is 21.7 Å². The largest absolute Gasteiger partial charge is 0.457 e. The highest BCUT2D eigenvalue weighted by Gasteiger charge is 2.56. The van der Waals surface area contributed by atoms with E-state index in [0.717, 1.165) is 101 Å². The Morgan fingerprint density at radius 2 is 0.409 bits per heavy atom. The van der Waals surface area contributed by atoms with E-state index in [-0.39, 0.29) is 0 Å². The van der Waals surface area contributed by atoms with Crippen LogP contribution in [0.4, 0.5) is 34.1 Å². The predicted octanol–water partition coefficient (Wildman–Crippen LogP) is 32.9. The Bertz CT molecular complexity index is 8480. The highest BCUT2D eigenvalue weighted by Crippen LogP contribution is 2.69. The molecule has 0 saturated heterocycles. The first kappa shape index (κ1) is 74.0. The van der Waals surface area contributed by atoms with E-state index in [4.69, 9.17) is 9.47 Å². The number of ether oxygens (including phenoxy) is 2. The second-order valence-corrected chi connectivity index (χ2v) is 38.4. The lowest BCUT2D eigenvalue weighted by Gasteiger charge is -2.40. The van der Waals surface area contributed by atoms with Gasteiger partial charge >= 0.3 is 0 Å². The summed E-state index contributed by atoms with van der Waals surface area (Å²) in [4.78, 5) is 10.2. The molecule has 21 aromatic carbocycles. The first-order chi connectivity index (χ1) is 65.4. The van der Waals surface area contributed by atoms with Crippen LogP contribution in [-0.4, -0.2) is 0 Å². The summed E-state index contributed by atoms with van der Waals surface area (Å²) in [5.74, 6) is 3.43. The van der Waals surface area contributed by atoms with Gasteiger partial charge in [-0.25, -0.2) is 0 Å². The number of fused-ring (bicyclic) bond motifs is 38. The van der Waals surface area contributed by atoms with Crippen molar-refractivity contribution in [2.24, 2.45) is 0 Å². The van der Waals surface area contributed by atoms with Crippen LogP contribution in [-0.2, 0) is 21.7 Å². The van der Waals surface area contributed by atoms with Crippen molar-refractivity contribution < 1.29 is 9.47 Å². The molecule has 4 aliphatic heterocycles. The number of anilines is 6. The predicted molar refractivity (Wildman–Crippen MR) is 539 cm³/mol. The molecule has 4 nitrogen and oxygen atoms in total. The fourth-order valence-electron chi connectivity index (χ4n) is 24.8. The van der Waals surface area contributed by atoms with Gasteiger partial charge in [-0.15, -0.1) is 0 Å². The third-order valence-corrected chi connectivity index (χ3v) is 32.4. The Morgan fingerprint density at radius 3 is 0.833 bits per heavy atom. The van der Waals surface area contributed by atoms with Gasteiger partial charge in [0.25, 0.3) is 0 Å². The molecule has 0 saturated carbocycles. The SMILES string of the molecule is c1ccc(-c2ccc3cc(N(c4ccc5c(c4)-c4ccccc4C54c5ccccc5Oc5cc(-c6ccc7cc(N(c8ccc9c(c8)-c8ccccc8C98c9ccccc9Oc9ccccc98)c8ccc9c(c8)C8(c%10ccccc%10Sc%10ccccc%108)c8ccccc8-9)ccc7c6)ccc54)c4ccc5c(c4)C4(c6ccccc6Sc6ccccc64)c4ccccc4-5)ccc3c2)cc1. The van der Waals surface area contributed by atoms with Gasteiger partial charge in [0, 0.05) is 76.0 Å². The number of hydrogen-bond donors (Lipinski definition) is 0. The van der Waals surface area contributed by atoms with Crippen LogP contribution in [0.5, 0.6) is 23.0 Å². The summed E-state index contributed by atoms with van der Waals surface area (Å²) in [6, 6.07) is 174. The minimum atomic E-state index is -0.742. The minimum Gasteiger partial charge on any atom is -0.457 e. The molecule has 6 heteroatoms. The van der Waals surface area contributed by atoms with E-state index in [1.165, 1.54) is 153 Å².